The lowest BCUT2D eigenvalue weighted by atomic mass is 9.88. The van der Waals surface area contributed by atoms with Gasteiger partial charge in [0, 0.05) is 11.1 Å². The Morgan fingerprint density at radius 2 is 1.90 bits per heavy atom. The van der Waals surface area contributed by atoms with E-state index in [4.69, 9.17) is 0 Å². The van der Waals surface area contributed by atoms with Crippen LogP contribution >= 0.6 is 0 Å². The van der Waals surface area contributed by atoms with Crippen molar-refractivity contribution in [3.8, 4) is 0 Å². The van der Waals surface area contributed by atoms with Gasteiger partial charge >= 0.3 is 0 Å². The van der Waals surface area contributed by atoms with E-state index in [1.54, 1.807) is 23.1 Å². The second-order valence-corrected chi connectivity index (χ2v) is 8.54. The van der Waals surface area contributed by atoms with Crippen LogP contribution in [0, 0.1) is 6.92 Å². The number of fused-ring (bicyclic) bond motifs is 1. The van der Waals surface area contributed by atoms with Crippen molar-refractivity contribution in [3.63, 3.8) is 0 Å². The van der Waals surface area contributed by atoms with E-state index in [1.165, 1.54) is 11.3 Å². The number of Topliss-reactive ketones (excluding diaryl/α,β-unsaturated/α-hetero) is 1. The second kappa shape index (κ2) is 7.73. The molecule has 2 aliphatic rings. The molecule has 2 aromatic carbocycles. The van der Waals surface area contributed by atoms with Gasteiger partial charge in [0.1, 0.15) is 0 Å². The molecule has 3 atom stereocenters. The molecule has 2 N–H and O–H groups in total. The summed E-state index contributed by atoms with van der Waals surface area (Å²) in [6.45, 7) is 5.72. The number of hydrogen-bond donors (Lipinski definition) is 2. The van der Waals surface area contributed by atoms with Crippen LogP contribution in [-0.4, -0.2) is 36.1 Å². The number of amides is 1. The normalized spacial score (nSPS) is 26.4. The number of rotatable bonds is 5. The first-order valence-corrected chi connectivity index (χ1v) is 10.5. The number of likely N-dealkylation sites (tertiary alicyclic amines) is 1. The number of aliphatic hydroxyl groups is 1. The van der Waals surface area contributed by atoms with Gasteiger partial charge < -0.3 is 10.0 Å². The Bertz CT molecular complexity index is 924. The predicted molar refractivity (Wildman–Crippen MR) is 112 cm³/mol. The van der Waals surface area contributed by atoms with E-state index >= 15 is 0 Å². The maximum Gasteiger partial charge on any atom is 0.268 e. The average Bonchev–Trinajstić information content (AvgIpc) is 2.92. The van der Waals surface area contributed by atoms with Crippen molar-refractivity contribution >= 4 is 17.4 Å². The quantitative estimate of drug-likeness (QED) is 0.766. The number of hydrogen-bond acceptors (Lipinski definition) is 3. The van der Waals surface area contributed by atoms with E-state index in [0.717, 1.165) is 30.6 Å². The van der Waals surface area contributed by atoms with Crippen LogP contribution in [0.2, 0.25) is 0 Å². The third-order valence-electron chi connectivity index (χ3n) is 6.47. The third kappa shape index (κ3) is 3.61. The number of nitrogens with one attached hydrogen (secondary N) is 1. The standard InChI is InChI=1S/C24H28N2O3/c1-17-10-12-19(13-11-17)22(27)15-24(29)20-8-3-4-9-21(20)26(23(24)28)16-25-14-6-5-7-18(25)2/h3-4,8-13,18,29H,5-7,14-16H2,1-2H3/p+1/t18-,24-/m0/s1. The van der Waals surface area contributed by atoms with Crippen LogP contribution in [0.4, 0.5) is 5.69 Å². The monoisotopic (exact) mass is 393 g/mol. The fourth-order valence-corrected chi connectivity index (χ4v) is 4.60. The van der Waals surface area contributed by atoms with Gasteiger partial charge in [0.25, 0.3) is 5.91 Å². The SMILES string of the molecule is Cc1ccc(C(=O)C[C@@]2(O)C(=O)N(C[NH+]3CCCC[C@@H]3C)c3ccccc32)cc1. The van der Waals surface area contributed by atoms with Crippen molar-refractivity contribution in [2.24, 2.45) is 0 Å². The first-order valence-electron chi connectivity index (χ1n) is 10.5. The summed E-state index contributed by atoms with van der Waals surface area (Å²) in [5.74, 6) is -0.611. The highest BCUT2D eigenvalue weighted by molar-refractivity contribution is 6.10. The minimum absolute atomic E-state index is 0.226. The molecule has 5 heteroatoms. The molecule has 0 radical (unpaired) electrons. The average molecular weight is 394 g/mol. The highest BCUT2D eigenvalue weighted by Gasteiger charge is 2.52. The lowest BCUT2D eigenvalue weighted by Crippen LogP contribution is -3.17. The van der Waals surface area contributed by atoms with E-state index in [2.05, 4.69) is 6.92 Å². The van der Waals surface area contributed by atoms with E-state index in [0.29, 0.717) is 23.8 Å². The Kier molecular flexibility index (Phi) is 5.28. The fourth-order valence-electron chi connectivity index (χ4n) is 4.60. The van der Waals surface area contributed by atoms with E-state index in [9.17, 15) is 14.7 Å². The zero-order valence-electron chi connectivity index (χ0n) is 17.1. The molecular weight excluding hydrogens is 364 g/mol. The van der Waals surface area contributed by atoms with Crippen LogP contribution in [0.15, 0.2) is 48.5 Å². The Labute approximate surface area is 171 Å². The minimum Gasteiger partial charge on any atom is -0.375 e. The fraction of sp³-hybridized carbons (Fsp3) is 0.417. The van der Waals surface area contributed by atoms with Crippen molar-refractivity contribution in [3.05, 3.63) is 65.2 Å². The molecule has 2 heterocycles. The number of carbonyl (C=O) groups is 2. The number of para-hydroxylation sites is 1. The molecule has 1 fully saturated rings. The van der Waals surface area contributed by atoms with E-state index in [1.807, 2.05) is 37.3 Å². The zero-order chi connectivity index (χ0) is 20.6. The summed E-state index contributed by atoms with van der Waals surface area (Å²) >= 11 is 0. The van der Waals surface area contributed by atoms with Gasteiger partial charge in [-0.2, -0.15) is 0 Å². The largest absolute Gasteiger partial charge is 0.375 e. The Hall–Kier alpha value is -2.50. The Morgan fingerprint density at radius 3 is 2.62 bits per heavy atom. The molecule has 0 aromatic heterocycles. The van der Waals surface area contributed by atoms with Crippen LogP contribution in [0.3, 0.4) is 0 Å². The molecule has 4 rings (SSSR count). The molecule has 29 heavy (non-hydrogen) atoms. The lowest BCUT2D eigenvalue weighted by Gasteiger charge is -2.33. The summed E-state index contributed by atoms with van der Waals surface area (Å²) in [5, 5.41) is 11.4. The highest BCUT2D eigenvalue weighted by atomic mass is 16.3. The number of benzene rings is 2. The van der Waals surface area contributed by atoms with Gasteiger partial charge in [-0.25, -0.2) is 0 Å². The maximum atomic E-state index is 13.4. The zero-order valence-corrected chi connectivity index (χ0v) is 17.1. The predicted octanol–water partition coefficient (Wildman–Crippen LogP) is 2.22. The topological polar surface area (TPSA) is 62.0 Å². The number of carbonyl (C=O) groups excluding carboxylic acids is 2. The Morgan fingerprint density at radius 1 is 1.17 bits per heavy atom. The number of nitrogens with zero attached hydrogens (tertiary/aromatic N) is 1. The maximum absolute atomic E-state index is 13.4. The summed E-state index contributed by atoms with van der Waals surface area (Å²) in [5.41, 5.74) is 1.03. The van der Waals surface area contributed by atoms with Crippen molar-refractivity contribution in [2.75, 3.05) is 18.1 Å². The van der Waals surface area contributed by atoms with E-state index in [-0.39, 0.29) is 18.1 Å². The van der Waals surface area contributed by atoms with Gasteiger partial charge in [0.15, 0.2) is 18.1 Å². The van der Waals surface area contributed by atoms with Gasteiger partial charge in [-0.3, -0.25) is 14.5 Å². The van der Waals surface area contributed by atoms with E-state index < -0.39 is 5.60 Å². The first-order chi connectivity index (χ1) is 13.9. The molecule has 2 aliphatic heterocycles. The molecule has 152 valence electrons. The van der Waals surface area contributed by atoms with Gasteiger partial charge in [-0.15, -0.1) is 0 Å². The van der Waals surface area contributed by atoms with Crippen molar-refractivity contribution in [1.29, 1.82) is 0 Å². The molecule has 1 saturated heterocycles. The number of piperidine rings is 1. The molecule has 0 spiro atoms. The molecule has 5 nitrogen and oxygen atoms in total. The van der Waals surface area contributed by atoms with Gasteiger partial charge in [-0.1, -0.05) is 48.0 Å². The highest BCUT2D eigenvalue weighted by Crippen LogP contribution is 2.42. The van der Waals surface area contributed by atoms with Crippen molar-refractivity contribution in [1.82, 2.24) is 0 Å². The van der Waals surface area contributed by atoms with Crippen LogP contribution in [0.1, 0.15) is 54.1 Å². The molecule has 0 aliphatic carbocycles. The Balaban J connectivity index is 1.62. The van der Waals surface area contributed by atoms with Crippen molar-refractivity contribution < 1.29 is 19.6 Å². The number of anilines is 1. The molecular formula is C24H29N2O3+. The van der Waals surface area contributed by atoms with Crippen LogP contribution < -0.4 is 9.80 Å². The molecule has 1 unspecified atom stereocenters. The lowest BCUT2D eigenvalue weighted by molar-refractivity contribution is -0.927. The number of aryl methyl sites for hydroxylation is 1. The van der Waals surface area contributed by atoms with Crippen LogP contribution in [-0.2, 0) is 10.4 Å². The third-order valence-corrected chi connectivity index (χ3v) is 6.47. The van der Waals surface area contributed by atoms with Crippen LogP contribution in [0.25, 0.3) is 0 Å². The van der Waals surface area contributed by atoms with Crippen molar-refractivity contribution in [2.45, 2.75) is 51.2 Å². The summed E-state index contributed by atoms with van der Waals surface area (Å²) in [4.78, 5) is 29.3. The number of ketones is 1. The smallest absolute Gasteiger partial charge is 0.268 e. The summed E-state index contributed by atoms with van der Waals surface area (Å²) < 4.78 is 0. The van der Waals surface area contributed by atoms with Gasteiger partial charge in [0.05, 0.1) is 24.7 Å². The number of quaternary nitrogens is 1. The summed E-state index contributed by atoms with van der Waals surface area (Å²) in [6, 6.07) is 15.1. The minimum atomic E-state index is -1.81. The molecule has 0 saturated carbocycles. The van der Waals surface area contributed by atoms with Gasteiger partial charge in [0.2, 0.25) is 0 Å². The second-order valence-electron chi connectivity index (χ2n) is 8.54. The molecule has 1 amide bonds. The molecule has 2 aromatic rings. The van der Waals surface area contributed by atoms with Gasteiger partial charge in [-0.05, 0) is 39.2 Å². The molecule has 0 bridgehead atoms. The first kappa shape index (κ1) is 19.8. The summed E-state index contributed by atoms with van der Waals surface area (Å²) in [7, 11) is 0. The van der Waals surface area contributed by atoms with Crippen LogP contribution in [0.5, 0.6) is 0 Å². The summed E-state index contributed by atoms with van der Waals surface area (Å²) in [6.07, 6.45) is 3.28.